The van der Waals surface area contributed by atoms with E-state index in [0.717, 1.165) is 18.6 Å². The smallest absolute Gasteiger partial charge is 0.122 e. The minimum absolute atomic E-state index is 0.0379. The van der Waals surface area contributed by atoms with E-state index in [1.807, 2.05) is 0 Å². The van der Waals surface area contributed by atoms with E-state index in [-0.39, 0.29) is 12.0 Å². The first-order valence-electron chi connectivity index (χ1n) is 5.89. The fraction of sp³-hybridized carbons (Fsp3) is 0.571. The number of rotatable bonds is 3. The van der Waals surface area contributed by atoms with Gasteiger partial charge in [0, 0.05) is 11.0 Å². The lowest BCUT2D eigenvalue weighted by Gasteiger charge is -2.41. The van der Waals surface area contributed by atoms with Crippen molar-refractivity contribution in [3.8, 4) is 5.75 Å². The average molecular weight is 220 g/mol. The Hall–Kier alpha value is -1.02. The summed E-state index contributed by atoms with van der Waals surface area (Å²) < 4.78 is 5.45. The Morgan fingerprint density at radius 1 is 1.25 bits per heavy atom. The van der Waals surface area contributed by atoms with Crippen molar-refractivity contribution >= 4 is 0 Å². The van der Waals surface area contributed by atoms with Crippen LogP contribution in [-0.2, 0) is 5.41 Å². The lowest BCUT2D eigenvalue weighted by Crippen LogP contribution is -2.38. The third-order valence-corrected chi connectivity index (χ3v) is 4.00. The van der Waals surface area contributed by atoms with Gasteiger partial charge in [0.05, 0.1) is 13.7 Å². The van der Waals surface area contributed by atoms with Gasteiger partial charge < -0.3 is 9.84 Å². The zero-order valence-electron chi connectivity index (χ0n) is 10.3. The second kappa shape index (κ2) is 4.10. The van der Waals surface area contributed by atoms with Crippen LogP contribution in [0.15, 0.2) is 12.1 Å². The highest BCUT2D eigenvalue weighted by Crippen LogP contribution is 2.47. The fourth-order valence-electron chi connectivity index (χ4n) is 2.49. The van der Waals surface area contributed by atoms with Gasteiger partial charge in [0.15, 0.2) is 0 Å². The molecule has 0 atom stereocenters. The first-order valence-corrected chi connectivity index (χ1v) is 5.89. The molecule has 1 aliphatic rings. The van der Waals surface area contributed by atoms with Crippen molar-refractivity contribution in [3.63, 3.8) is 0 Å². The second-order valence-corrected chi connectivity index (χ2v) is 4.93. The third-order valence-electron chi connectivity index (χ3n) is 4.00. The Bertz CT molecular complexity index is 386. The number of hydrogen-bond donors (Lipinski definition) is 1. The van der Waals surface area contributed by atoms with Crippen molar-refractivity contribution < 1.29 is 9.84 Å². The molecule has 0 amide bonds. The van der Waals surface area contributed by atoms with Gasteiger partial charge >= 0.3 is 0 Å². The maximum absolute atomic E-state index is 9.61. The van der Waals surface area contributed by atoms with Crippen LogP contribution in [0.4, 0.5) is 0 Å². The van der Waals surface area contributed by atoms with Crippen molar-refractivity contribution in [3.05, 3.63) is 28.8 Å². The molecule has 0 radical (unpaired) electrons. The topological polar surface area (TPSA) is 29.5 Å². The number of aliphatic hydroxyl groups is 1. The molecule has 1 aliphatic carbocycles. The fourth-order valence-corrected chi connectivity index (χ4v) is 2.49. The Balaban J connectivity index is 2.50. The molecule has 2 heteroatoms. The number of aliphatic hydroxyl groups excluding tert-OH is 1. The molecule has 88 valence electrons. The summed E-state index contributed by atoms with van der Waals surface area (Å²) in [5, 5.41) is 9.61. The SMILES string of the molecule is COc1cc(C)c(C)cc1C1(CO)CCC1. The normalized spacial score (nSPS) is 18.0. The molecule has 1 fully saturated rings. The van der Waals surface area contributed by atoms with Gasteiger partial charge in [-0.05, 0) is 43.9 Å². The lowest BCUT2D eigenvalue weighted by molar-refractivity contribution is 0.117. The third kappa shape index (κ3) is 1.61. The van der Waals surface area contributed by atoms with Crippen LogP contribution in [0, 0.1) is 13.8 Å². The maximum Gasteiger partial charge on any atom is 0.122 e. The quantitative estimate of drug-likeness (QED) is 0.848. The van der Waals surface area contributed by atoms with Gasteiger partial charge in [0.25, 0.3) is 0 Å². The lowest BCUT2D eigenvalue weighted by atomic mass is 9.64. The highest BCUT2D eigenvalue weighted by molar-refractivity contribution is 5.47. The molecule has 0 bridgehead atoms. The van der Waals surface area contributed by atoms with Crippen LogP contribution in [-0.4, -0.2) is 18.8 Å². The van der Waals surface area contributed by atoms with Gasteiger partial charge in [0.2, 0.25) is 0 Å². The number of aryl methyl sites for hydroxylation is 2. The number of ether oxygens (including phenoxy) is 1. The van der Waals surface area contributed by atoms with E-state index in [1.165, 1.54) is 23.1 Å². The molecule has 1 aromatic carbocycles. The van der Waals surface area contributed by atoms with Crippen molar-refractivity contribution in [1.82, 2.24) is 0 Å². The molecular weight excluding hydrogens is 200 g/mol. The zero-order chi connectivity index (χ0) is 11.8. The summed E-state index contributed by atoms with van der Waals surface area (Å²) in [5.41, 5.74) is 3.67. The summed E-state index contributed by atoms with van der Waals surface area (Å²) >= 11 is 0. The van der Waals surface area contributed by atoms with Crippen molar-refractivity contribution in [2.45, 2.75) is 38.5 Å². The minimum Gasteiger partial charge on any atom is -0.496 e. The Labute approximate surface area is 97.3 Å². The molecule has 0 aliphatic heterocycles. The first-order chi connectivity index (χ1) is 7.63. The monoisotopic (exact) mass is 220 g/mol. The standard InChI is InChI=1S/C14H20O2/c1-10-7-12(13(16-3)8-11(10)2)14(9-15)5-4-6-14/h7-8,15H,4-6,9H2,1-3H3. The zero-order valence-corrected chi connectivity index (χ0v) is 10.3. The Kier molecular flexibility index (Phi) is 2.94. The van der Waals surface area contributed by atoms with Crippen LogP contribution in [0.2, 0.25) is 0 Å². The molecule has 2 rings (SSSR count). The molecule has 0 spiro atoms. The van der Waals surface area contributed by atoms with Crippen molar-refractivity contribution in [1.29, 1.82) is 0 Å². The van der Waals surface area contributed by atoms with E-state index in [9.17, 15) is 5.11 Å². The summed E-state index contributed by atoms with van der Waals surface area (Å²) in [6, 6.07) is 4.27. The van der Waals surface area contributed by atoms with E-state index < -0.39 is 0 Å². The maximum atomic E-state index is 9.61. The molecular formula is C14H20O2. The van der Waals surface area contributed by atoms with Gasteiger partial charge in [-0.2, -0.15) is 0 Å². The minimum atomic E-state index is -0.0379. The Morgan fingerprint density at radius 2 is 1.88 bits per heavy atom. The predicted octanol–water partition coefficient (Wildman–Crippen LogP) is 2.73. The van der Waals surface area contributed by atoms with Gasteiger partial charge in [-0.1, -0.05) is 12.5 Å². The highest BCUT2D eigenvalue weighted by Gasteiger charge is 2.40. The van der Waals surface area contributed by atoms with E-state index in [1.54, 1.807) is 7.11 Å². The van der Waals surface area contributed by atoms with Crippen LogP contribution < -0.4 is 4.74 Å². The number of hydrogen-bond acceptors (Lipinski definition) is 2. The molecule has 0 heterocycles. The molecule has 1 N–H and O–H groups in total. The first kappa shape index (κ1) is 11.5. The van der Waals surface area contributed by atoms with E-state index in [4.69, 9.17) is 4.74 Å². The molecule has 0 unspecified atom stereocenters. The summed E-state index contributed by atoms with van der Waals surface area (Å²) in [4.78, 5) is 0. The molecule has 16 heavy (non-hydrogen) atoms. The summed E-state index contributed by atoms with van der Waals surface area (Å²) in [5.74, 6) is 0.928. The van der Waals surface area contributed by atoms with Crippen LogP contribution in [0.5, 0.6) is 5.75 Å². The van der Waals surface area contributed by atoms with Gasteiger partial charge in [-0.25, -0.2) is 0 Å². The largest absolute Gasteiger partial charge is 0.496 e. The summed E-state index contributed by atoms with van der Waals surface area (Å²) in [7, 11) is 1.71. The number of methoxy groups -OCH3 is 1. The molecule has 1 saturated carbocycles. The molecule has 0 saturated heterocycles. The van der Waals surface area contributed by atoms with Crippen molar-refractivity contribution in [2.75, 3.05) is 13.7 Å². The van der Waals surface area contributed by atoms with Crippen LogP contribution in [0.1, 0.15) is 36.0 Å². The number of benzene rings is 1. The van der Waals surface area contributed by atoms with E-state index >= 15 is 0 Å². The second-order valence-electron chi connectivity index (χ2n) is 4.93. The van der Waals surface area contributed by atoms with Crippen LogP contribution >= 0.6 is 0 Å². The van der Waals surface area contributed by atoms with Gasteiger partial charge in [-0.15, -0.1) is 0 Å². The Morgan fingerprint density at radius 3 is 2.31 bits per heavy atom. The van der Waals surface area contributed by atoms with Crippen LogP contribution in [0.3, 0.4) is 0 Å². The van der Waals surface area contributed by atoms with Crippen LogP contribution in [0.25, 0.3) is 0 Å². The highest BCUT2D eigenvalue weighted by atomic mass is 16.5. The van der Waals surface area contributed by atoms with E-state index in [2.05, 4.69) is 26.0 Å². The summed E-state index contributed by atoms with van der Waals surface area (Å²) in [6.45, 7) is 4.43. The molecule has 1 aromatic rings. The molecule has 0 aromatic heterocycles. The van der Waals surface area contributed by atoms with Crippen molar-refractivity contribution in [2.24, 2.45) is 0 Å². The predicted molar refractivity (Wildman–Crippen MR) is 65.1 cm³/mol. The van der Waals surface area contributed by atoms with Gasteiger partial charge in [0.1, 0.15) is 5.75 Å². The molecule has 2 nitrogen and oxygen atoms in total. The van der Waals surface area contributed by atoms with E-state index in [0.29, 0.717) is 0 Å². The summed E-state index contributed by atoms with van der Waals surface area (Å²) in [6.07, 6.45) is 3.35. The van der Waals surface area contributed by atoms with Gasteiger partial charge in [-0.3, -0.25) is 0 Å². The average Bonchev–Trinajstić information content (AvgIpc) is 2.22.